The van der Waals surface area contributed by atoms with Gasteiger partial charge in [-0.05, 0) is 44.7 Å². The van der Waals surface area contributed by atoms with E-state index < -0.39 is 0 Å². The third-order valence-electron chi connectivity index (χ3n) is 3.16. The number of pyridine rings is 1. The molecule has 0 radical (unpaired) electrons. The molecule has 0 saturated heterocycles. The first-order chi connectivity index (χ1) is 9.24. The summed E-state index contributed by atoms with van der Waals surface area (Å²) < 4.78 is 0. The molecule has 0 amide bonds. The lowest BCUT2D eigenvalue weighted by molar-refractivity contribution is 0.683. The maximum atomic E-state index is 8.97. The molecular weight excluding hydrogens is 256 g/mol. The topological polar surface area (TPSA) is 61.6 Å². The summed E-state index contributed by atoms with van der Waals surface area (Å²) in [5, 5.41) is 13.1. The maximum Gasteiger partial charge on any atom is 0.188 e. The smallest absolute Gasteiger partial charge is 0.188 e. The van der Waals surface area contributed by atoms with Crippen molar-refractivity contribution in [1.29, 1.82) is 5.26 Å². The van der Waals surface area contributed by atoms with Gasteiger partial charge in [0, 0.05) is 10.6 Å². The van der Waals surface area contributed by atoms with E-state index in [0.717, 1.165) is 23.7 Å². The molecule has 0 aromatic carbocycles. The summed E-state index contributed by atoms with van der Waals surface area (Å²) in [5.74, 6) is 0.697. The predicted molar refractivity (Wildman–Crippen MR) is 75.7 cm³/mol. The number of thiazole rings is 1. The quantitative estimate of drug-likeness (QED) is 0.909. The van der Waals surface area contributed by atoms with Crippen LogP contribution in [0.5, 0.6) is 0 Å². The van der Waals surface area contributed by atoms with Crippen molar-refractivity contribution in [1.82, 2.24) is 9.97 Å². The van der Waals surface area contributed by atoms with Gasteiger partial charge in [0.05, 0.1) is 17.3 Å². The van der Waals surface area contributed by atoms with Gasteiger partial charge in [-0.25, -0.2) is 9.97 Å². The van der Waals surface area contributed by atoms with E-state index in [-0.39, 0.29) is 0 Å². The summed E-state index contributed by atoms with van der Waals surface area (Å²) in [6, 6.07) is 5.68. The van der Waals surface area contributed by atoms with Crippen LogP contribution in [0.3, 0.4) is 0 Å². The van der Waals surface area contributed by atoms with Crippen molar-refractivity contribution in [2.45, 2.75) is 32.6 Å². The zero-order valence-corrected chi connectivity index (χ0v) is 11.5. The Kier molecular flexibility index (Phi) is 3.18. The molecule has 2 aromatic heterocycles. The Hall–Kier alpha value is -1.93. The van der Waals surface area contributed by atoms with E-state index in [2.05, 4.69) is 21.4 Å². The van der Waals surface area contributed by atoms with Crippen molar-refractivity contribution in [3.63, 3.8) is 0 Å². The monoisotopic (exact) mass is 270 g/mol. The number of anilines is 2. The second kappa shape index (κ2) is 4.98. The molecule has 2 aromatic rings. The van der Waals surface area contributed by atoms with Gasteiger partial charge in [-0.1, -0.05) is 0 Å². The third kappa shape index (κ3) is 2.59. The van der Waals surface area contributed by atoms with Crippen LogP contribution < -0.4 is 5.32 Å². The molecule has 96 valence electrons. The van der Waals surface area contributed by atoms with Crippen LogP contribution in [0.2, 0.25) is 0 Å². The Bertz CT molecular complexity index is 630. The highest BCUT2D eigenvalue weighted by Gasteiger charge is 2.15. The first kappa shape index (κ1) is 12.1. The molecule has 0 saturated carbocycles. The minimum Gasteiger partial charge on any atom is -0.316 e. The number of nitrogens with one attached hydrogen (secondary N) is 1. The van der Waals surface area contributed by atoms with Gasteiger partial charge in [0.2, 0.25) is 0 Å². The van der Waals surface area contributed by atoms with Gasteiger partial charge in [0.1, 0.15) is 5.82 Å². The van der Waals surface area contributed by atoms with Crippen LogP contribution in [-0.2, 0) is 12.8 Å². The van der Waals surface area contributed by atoms with Crippen LogP contribution in [0, 0.1) is 18.3 Å². The predicted octanol–water partition coefficient (Wildman–Crippen LogP) is 3.34. The molecule has 2 heterocycles. The Morgan fingerprint density at radius 2 is 2.11 bits per heavy atom. The van der Waals surface area contributed by atoms with Crippen molar-refractivity contribution in [3.05, 3.63) is 34.0 Å². The molecule has 1 aliphatic rings. The maximum absolute atomic E-state index is 8.97. The Labute approximate surface area is 116 Å². The average molecular weight is 270 g/mol. The molecular formula is C14H14N4S. The molecule has 1 N–H and O–H groups in total. The van der Waals surface area contributed by atoms with Gasteiger partial charge >= 0.3 is 0 Å². The lowest BCUT2D eigenvalue weighted by Crippen LogP contribution is -1.99. The summed E-state index contributed by atoms with van der Waals surface area (Å²) in [6.07, 6.45) is 4.71. The molecule has 19 heavy (non-hydrogen) atoms. The van der Waals surface area contributed by atoms with Gasteiger partial charge < -0.3 is 5.32 Å². The number of fused-ring (bicyclic) bond motifs is 1. The summed E-state index contributed by atoms with van der Waals surface area (Å²) >= 11 is 1.70. The van der Waals surface area contributed by atoms with Crippen LogP contribution >= 0.6 is 11.3 Å². The minimum atomic E-state index is 0.622. The van der Waals surface area contributed by atoms with Crippen molar-refractivity contribution in [2.24, 2.45) is 0 Å². The fraction of sp³-hybridized carbons (Fsp3) is 0.357. The molecule has 5 heteroatoms. The highest BCUT2D eigenvalue weighted by molar-refractivity contribution is 7.15. The lowest BCUT2D eigenvalue weighted by atomic mass is 10.0. The molecule has 3 rings (SSSR count). The van der Waals surface area contributed by atoms with Crippen LogP contribution in [0.4, 0.5) is 10.9 Å². The summed E-state index contributed by atoms with van der Waals surface area (Å²) in [6.45, 7) is 1.89. The molecule has 1 aliphatic carbocycles. The number of nitriles is 1. The standard InChI is InChI=1S/C14H14N4S/c1-9-6-10(8-15)7-13(16-9)18-14-17-11-4-2-3-5-12(11)19-14/h6-7H,2-5H2,1H3,(H,16,17,18). The van der Waals surface area contributed by atoms with E-state index >= 15 is 0 Å². The third-order valence-corrected chi connectivity index (χ3v) is 4.24. The molecule has 0 atom stereocenters. The first-order valence-electron chi connectivity index (χ1n) is 6.39. The Balaban J connectivity index is 1.87. The highest BCUT2D eigenvalue weighted by Crippen LogP contribution is 2.31. The Morgan fingerprint density at radius 1 is 1.26 bits per heavy atom. The van der Waals surface area contributed by atoms with Crippen LogP contribution in [-0.4, -0.2) is 9.97 Å². The van der Waals surface area contributed by atoms with Crippen LogP contribution in [0.1, 0.15) is 34.7 Å². The highest BCUT2D eigenvalue weighted by atomic mass is 32.1. The molecule has 0 unspecified atom stereocenters. The van der Waals surface area contributed by atoms with Crippen molar-refractivity contribution in [3.8, 4) is 6.07 Å². The molecule has 0 aliphatic heterocycles. The van der Waals surface area contributed by atoms with Crippen molar-refractivity contribution < 1.29 is 0 Å². The SMILES string of the molecule is Cc1cc(C#N)cc(Nc2nc3c(s2)CCCC3)n1. The van der Waals surface area contributed by atoms with Crippen LogP contribution in [0.25, 0.3) is 0 Å². The molecule has 0 fully saturated rings. The second-order valence-corrected chi connectivity index (χ2v) is 5.80. The van der Waals surface area contributed by atoms with E-state index in [1.165, 1.54) is 23.4 Å². The number of hydrogen-bond donors (Lipinski definition) is 1. The minimum absolute atomic E-state index is 0.622. The fourth-order valence-corrected chi connectivity index (χ4v) is 3.37. The number of aromatic nitrogens is 2. The summed E-state index contributed by atoms with van der Waals surface area (Å²) in [5.41, 5.74) is 2.69. The summed E-state index contributed by atoms with van der Waals surface area (Å²) in [7, 11) is 0. The molecule has 0 spiro atoms. The van der Waals surface area contributed by atoms with Gasteiger partial charge in [-0.15, -0.1) is 11.3 Å². The van der Waals surface area contributed by atoms with E-state index in [1.54, 1.807) is 23.5 Å². The number of hydrogen-bond acceptors (Lipinski definition) is 5. The largest absolute Gasteiger partial charge is 0.316 e. The van der Waals surface area contributed by atoms with Gasteiger partial charge in [-0.3, -0.25) is 0 Å². The van der Waals surface area contributed by atoms with Crippen LogP contribution in [0.15, 0.2) is 12.1 Å². The van der Waals surface area contributed by atoms with Gasteiger partial charge in [-0.2, -0.15) is 5.26 Å². The van der Waals surface area contributed by atoms with E-state index in [9.17, 15) is 0 Å². The second-order valence-electron chi connectivity index (χ2n) is 4.72. The number of nitrogens with zero attached hydrogens (tertiary/aromatic N) is 3. The summed E-state index contributed by atoms with van der Waals surface area (Å²) in [4.78, 5) is 10.4. The molecule has 0 bridgehead atoms. The van der Waals surface area contributed by atoms with E-state index in [1.807, 2.05) is 6.92 Å². The molecule has 4 nitrogen and oxygen atoms in total. The normalized spacial score (nSPS) is 13.7. The van der Waals surface area contributed by atoms with Gasteiger partial charge in [0.15, 0.2) is 5.13 Å². The zero-order chi connectivity index (χ0) is 13.2. The lowest BCUT2D eigenvalue weighted by Gasteiger charge is -2.06. The number of rotatable bonds is 2. The average Bonchev–Trinajstić information content (AvgIpc) is 2.80. The Morgan fingerprint density at radius 3 is 2.89 bits per heavy atom. The van der Waals surface area contributed by atoms with Crippen molar-refractivity contribution in [2.75, 3.05) is 5.32 Å². The van der Waals surface area contributed by atoms with E-state index in [0.29, 0.717) is 11.4 Å². The number of aryl methyl sites for hydroxylation is 3. The zero-order valence-electron chi connectivity index (χ0n) is 10.7. The van der Waals surface area contributed by atoms with E-state index in [4.69, 9.17) is 5.26 Å². The van der Waals surface area contributed by atoms with Gasteiger partial charge in [0.25, 0.3) is 0 Å². The first-order valence-corrected chi connectivity index (χ1v) is 7.20. The van der Waals surface area contributed by atoms with Crippen molar-refractivity contribution >= 4 is 22.3 Å². The fourth-order valence-electron chi connectivity index (χ4n) is 2.31.